The first-order valence-corrected chi connectivity index (χ1v) is 13.8. The van der Waals surface area contributed by atoms with Crippen LogP contribution in [0.1, 0.15) is 155 Å². The van der Waals surface area contributed by atoms with Crippen LogP contribution in [0.15, 0.2) is 0 Å². The van der Waals surface area contributed by atoms with Gasteiger partial charge in [0.2, 0.25) is 0 Å². The molecule has 0 aromatic rings. The quantitative estimate of drug-likeness (QED) is 0.122. The van der Waals surface area contributed by atoms with Gasteiger partial charge in [-0.2, -0.15) is 0 Å². The van der Waals surface area contributed by atoms with Gasteiger partial charge >= 0.3 is 0 Å². The van der Waals surface area contributed by atoms with Crippen molar-refractivity contribution >= 4 is 0 Å². The van der Waals surface area contributed by atoms with E-state index < -0.39 is 0 Å². The fraction of sp³-hybridized carbons (Fsp3) is 0.867. The molecule has 0 aromatic heterocycles. The molecule has 2 atom stereocenters. The van der Waals surface area contributed by atoms with Crippen molar-refractivity contribution in [3.05, 3.63) is 13.8 Å². The number of rotatable bonds is 22. The van der Waals surface area contributed by atoms with E-state index in [1.807, 2.05) is 0 Å². The summed E-state index contributed by atoms with van der Waals surface area (Å²) in [6.45, 7) is 12.7. The predicted octanol–water partition coefficient (Wildman–Crippen LogP) is 10.5. The predicted molar refractivity (Wildman–Crippen MR) is 138 cm³/mol. The van der Waals surface area contributed by atoms with Gasteiger partial charge in [-0.1, -0.05) is 137 Å². The summed E-state index contributed by atoms with van der Waals surface area (Å²) in [4.78, 5) is 0. The molecule has 0 nitrogen and oxygen atoms in total. The van der Waals surface area contributed by atoms with Crippen LogP contribution in [-0.4, -0.2) is 0 Å². The third-order valence-corrected chi connectivity index (χ3v) is 6.83. The normalized spacial score (nSPS) is 13.1. The fourth-order valence-corrected chi connectivity index (χ4v) is 4.42. The first kappa shape index (κ1) is 29.6. The minimum absolute atomic E-state index is 0.879. The van der Waals surface area contributed by atoms with Crippen LogP contribution in [0.4, 0.5) is 0 Å². The number of hydrogen-bond acceptors (Lipinski definition) is 0. The van der Waals surface area contributed by atoms with E-state index in [4.69, 9.17) is 0 Å². The largest absolute Gasteiger partial charge is 0.103 e. The van der Waals surface area contributed by atoms with Crippen LogP contribution in [0.3, 0.4) is 0 Å². The van der Waals surface area contributed by atoms with Gasteiger partial charge in [0.15, 0.2) is 0 Å². The van der Waals surface area contributed by atoms with E-state index in [-0.39, 0.29) is 0 Å². The highest BCUT2D eigenvalue weighted by atomic mass is 14.2. The molecular weight excluding hydrogens is 360 g/mol. The smallest absolute Gasteiger partial charge is 0.00887 e. The Kier molecular flexibility index (Phi) is 24.5. The monoisotopic (exact) mass is 416 g/mol. The van der Waals surface area contributed by atoms with Gasteiger partial charge < -0.3 is 0 Å². The molecule has 0 heteroatoms. The second-order valence-electron chi connectivity index (χ2n) is 9.59. The molecular formula is C30H56. The molecule has 0 bridgehead atoms. The zero-order valence-corrected chi connectivity index (χ0v) is 21.1. The van der Waals surface area contributed by atoms with Gasteiger partial charge in [0.05, 0.1) is 0 Å². The summed E-state index contributed by atoms with van der Waals surface area (Å²) in [5, 5.41) is 0. The van der Waals surface area contributed by atoms with Gasteiger partial charge in [0.1, 0.15) is 0 Å². The maximum Gasteiger partial charge on any atom is 0.00887 e. The highest BCUT2D eigenvalue weighted by molar-refractivity contribution is 4.98. The van der Waals surface area contributed by atoms with Crippen molar-refractivity contribution < 1.29 is 0 Å². The average Bonchev–Trinajstić information content (AvgIpc) is 2.76. The molecule has 0 saturated heterocycles. The Hall–Kier alpha value is -0.440. The maximum absolute atomic E-state index is 3.92. The molecule has 0 spiro atoms. The Balaban J connectivity index is 3.68. The van der Waals surface area contributed by atoms with E-state index in [1.54, 1.807) is 0 Å². The fourth-order valence-electron chi connectivity index (χ4n) is 4.42. The van der Waals surface area contributed by atoms with Crippen molar-refractivity contribution in [3.8, 4) is 11.8 Å². The zero-order chi connectivity index (χ0) is 22.1. The van der Waals surface area contributed by atoms with Crippen LogP contribution in [0.2, 0.25) is 0 Å². The lowest BCUT2D eigenvalue weighted by Gasteiger charge is -2.22. The molecule has 0 heterocycles. The van der Waals surface area contributed by atoms with Crippen molar-refractivity contribution in [1.29, 1.82) is 0 Å². The highest BCUT2D eigenvalue weighted by Gasteiger charge is 2.14. The van der Waals surface area contributed by atoms with Crippen molar-refractivity contribution in [1.82, 2.24) is 0 Å². The van der Waals surface area contributed by atoms with E-state index >= 15 is 0 Å². The summed E-state index contributed by atoms with van der Waals surface area (Å²) in [7, 11) is 0. The van der Waals surface area contributed by atoms with E-state index in [9.17, 15) is 0 Å². The molecule has 0 N–H and O–H groups in total. The standard InChI is InChI=1S/C30H56/c1-5-8-10-12-14-16-18-20-22-24-26-28-30(29(4)7-3)27-25-23-21-19-17-15-13-11-9-6-2/h29-30H,1-2,5-18,20,22-28H2,3-4H3. The molecule has 2 radical (unpaired) electrons. The van der Waals surface area contributed by atoms with Crippen molar-refractivity contribution in [2.75, 3.05) is 0 Å². The molecule has 0 aliphatic rings. The second kappa shape index (κ2) is 24.8. The first-order valence-electron chi connectivity index (χ1n) is 13.8. The summed E-state index contributed by atoms with van der Waals surface area (Å²) in [5.74, 6) is 8.64. The Morgan fingerprint density at radius 1 is 0.533 bits per heavy atom. The van der Waals surface area contributed by atoms with Crippen molar-refractivity contribution in [3.63, 3.8) is 0 Å². The Morgan fingerprint density at radius 2 is 0.933 bits per heavy atom. The van der Waals surface area contributed by atoms with Gasteiger partial charge in [0.25, 0.3) is 0 Å². The molecule has 176 valence electrons. The molecule has 0 rings (SSSR count). The van der Waals surface area contributed by atoms with Crippen molar-refractivity contribution in [2.24, 2.45) is 11.8 Å². The molecule has 0 amide bonds. The van der Waals surface area contributed by atoms with Gasteiger partial charge in [-0.25, -0.2) is 0 Å². The number of hydrogen-bond donors (Lipinski definition) is 0. The van der Waals surface area contributed by atoms with Gasteiger partial charge in [-0.05, 0) is 31.1 Å². The Labute approximate surface area is 192 Å². The van der Waals surface area contributed by atoms with Crippen LogP contribution >= 0.6 is 0 Å². The lowest BCUT2D eigenvalue weighted by Crippen LogP contribution is -2.11. The number of unbranched alkanes of at least 4 members (excludes halogenated alkanes) is 16. The lowest BCUT2D eigenvalue weighted by atomic mass is 9.83. The summed E-state index contributed by atoms with van der Waals surface area (Å²) in [6, 6.07) is 0. The van der Waals surface area contributed by atoms with Crippen LogP contribution < -0.4 is 0 Å². The summed E-state index contributed by atoms with van der Waals surface area (Å²) >= 11 is 0. The Morgan fingerprint density at radius 3 is 1.43 bits per heavy atom. The van der Waals surface area contributed by atoms with Crippen LogP contribution in [0, 0.1) is 37.5 Å². The van der Waals surface area contributed by atoms with Crippen LogP contribution in [0.25, 0.3) is 0 Å². The summed E-state index contributed by atoms with van der Waals surface area (Å²) in [6.07, 6.45) is 29.4. The van der Waals surface area contributed by atoms with Crippen LogP contribution in [0.5, 0.6) is 0 Å². The molecule has 0 saturated carbocycles. The molecule has 0 fully saturated rings. The van der Waals surface area contributed by atoms with E-state index in [2.05, 4.69) is 39.5 Å². The van der Waals surface area contributed by atoms with Crippen LogP contribution in [-0.2, 0) is 0 Å². The van der Waals surface area contributed by atoms with Crippen molar-refractivity contribution in [2.45, 2.75) is 155 Å². The molecule has 2 unspecified atom stereocenters. The topological polar surface area (TPSA) is 0 Å². The van der Waals surface area contributed by atoms with Gasteiger partial charge in [-0.3, -0.25) is 0 Å². The summed E-state index contributed by atoms with van der Waals surface area (Å²) < 4.78 is 0. The summed E-state index contributed by atoms with van der Waals surface area (Å²) in [5.41, 5.74) is 0. The molecule has 0 aromatic carbocycles. The van der Waals surface area contributed by atoms with E-state index in [1.165, 1.54) is 116 Å². The second-order valence-corrected chi connectivity index (χ2v) is 9.59. The zero-order valence-electron chi connectivity index (χ0n) is 21.1. The maximum atomic E-state index is 3.92. The minimum atomic E-state index is 0.879. The minimum Gasteiger partial charge on any atom is -0.103 e. The average molecular weight is 417 g/mol. The third-order valence-electron chi connectivity index (χ3n) is 6.83. The molecule has 30 heavy (non-hydrogen) atoms. The first-order chi connectivity index (χ1) is 14.8. The molecule has 0 aliphatic carbocycles. The SMILES string of the molecule is [CH2]CCCCCCC#CCCCC(CCCCCCCCCCCC[CH2])C(C)CC. The van der Waals surface area contributed by atoms with Gasteiger partial charge in [0, 0.05) is 12.8 Å². The highest BCUT2D eigenvalue weighted by Crippen LogP contribution is 2.27. The van der Waals surface area contributed by atoms with Gasteiger partial charge in [-0.15, -0.1) is 11.8 Å². The third kappa shape index (κ3) is 20.8. The molecule has 0 aliphatic heterocycles. The van der Waals surface area contributed by atoms with E-state index in [0.29, 0.717) is 0 Å². The Bertz CT molecular complexity index is 371. The van der Waals surface area contributed by atoms with E-state index in [0.717, 1.165) is 37.5 Å². The lowest BCUT2D eigenvalue weighted by molar-refractivity contribution is 0.292.